The third-order valence-corrected chi connectivity index (χ3v) is 2.97. The molecule has 0 saturated carbocycles. The number of oxime groups is 1. The van der Waals surface area contributed by atoms with Gasteiger partial charge in [0.05, 0.1) is 5.92 Å². The van der Waals surface area contributed by atoms with Gasteiger partial charge in [0.2, 0.25) is 0 Å². The van der Waals surface area contributed by atoms with Crippen molar-refractivity contribution in [3.63, 3.8) is 0 Å². The van der Waals surface area contributed by atoms with Gasteiger partial charge in [-0.3, -0.25) is 0 Å². The van der Waals surface area contributed by atoms with Gasteiger partial charge in [0.25, 0.3) is 0 Å². The maximum atomic E-state index is 8.86. The molecule has 1 aromatic rings. The molecule has 1 unspecified atom stereocenters. The molecule has 0 saturated heterocycles. The summed E-state index contributed by atoms with van der Waals surface area (Å²) in [5, 5.41) is 15.3. The van der Waals surface area contributed by atoms with Gasteiger partial charge in [0, 0.05) is 20.3 Å². The summed E-state index contributed by atoms with van der Waals surface area (Å²) < 4.78 is 4.99. The van der Waals surface area contributed by atoms with Crippen molar-refractivity contribution in [2.24, 2.45) is 10.9 Å². The van der Waals surface area contributed by atoms with Crippen LogP contribution in [0.1, 0.15) is 24.3 Å². The largest absolute Gasteiger partial charge is 0.409 e. The Labute approximate surface area is 114 Å². The molecular weight excluding hydrogens is 242 g/mol. The van der Waals surface area contributed by atoms with Gasteiger partial charge in [-0.05, 0) is 24.9 Å². The van der Waals surface area contributed by atoms with Gasteiger partial charge in [-0.2, -0.15) is 0 Å². The Morgan fingerprint density at radius 1 is 1.37 bits per heavy atom. The Morgan fingerprint density at radius 3 is 2.74 bits per heavy atom. The van der Waals surface area contributed by atoms with Crippen molar-refractivity contribution in [1.82, 2.24) is 5.32 Å². The topological polar surface area (TPSA) is 79.9 Å². The first-order chi connectivity index (χ1) is 9.29. The Morgan fingerprint density at radius 2 is 2.11 bits per heavy atom. The lowest BCUT2D eigenvalue weighted by molar-refractivity contribution is 0.192. The highest BCUT2D eigenvalue weighted by molar-refractivity contribution is 5.87. The van der Waals surface area contributed by atoms with E-state index in [0.29, 0.717) is 6.54 Å². The lowest BCUT2D eigenvalue weighted by Crippen LogP contribution is -2.32. The van der Waals surface area contributed by atoms with Crippen molar-refractivity contribution in [2.45, 2.75) is 18.8 Å². The van der Waals surface area contributed by atoms with Crippen LogP contribution in [-0.4, -0.2) is 37.8 Å². The van der Waals surface area contributed by atoms with Gasteiger partial charge in [0.1, 0.15) is 5.84 Å². The molecule has 0 heterocycles. The average molecular weight is 265 g/mol. The molecule has 0 aromatic heterocycles. The minimum absolute atomic E-state index is 0.103. The summed E-state index contributed by atoms with van der Waals surface area (Å²) in [6.45, 7) is 2.34. The van der Waals surface area contributed by atoms with Crippen LogP contribution in [0.2, 0.25) is 0 Å². The fourth-order valence-corrected chi connectivity index (χ4v) is 1.89. The SMILES string of the molecule is COCCCCNCC(C(N)=NO)c1ccccc1. The zero-order valence-electron chi connectivity index (χ0n) is 11.4. The number of benzene rings is 1. The fourth-order valence-electron chi connectivity index (χ4n) is 1.89. The highest BCUT2D eigenvalue weighted by Gasteiger charge is 2.15. The molecule has 0 aliphatic heterocycles. The number of ether oxygens (including phenoxy) is 1. The summed E-state index contributed by atoms with van der Waals surface area (Å²) in [5.41, 5.74) is 6.80. The van der Waals surface area contributed by atoms with Gasteiger partial charge in [-0.1, -0.05) is 35.5 Å². The molecular formula is C14H23N3O2. The van der Waals surface area contributed by atoms with Gasteiger partial charge in [0.15, 0.2) is 0 Å². The molecule has 5 nitrogen and oxygen atoms in total. The Balaban J connectivity index is 2.44. The van der Waals surface area contributed by atoms with Gasteiger partial charge >= 0.3 is 0 Å². The molecule has 19 heavy (non-hydrogen) atoms. The summed E-state index contributed by atoms with van der Waals surface area (Å²) in [4.78, 5) is 0. The Kier molecular flexibility index (Phi) is 7.62. The second kappa shape index (κ2) is 9.35. The summed E-state index contributed by atoms with van der Waals surface area (Å²) in [5.74, 6) is 0.129. The third kappa shape index (κ3) is 5.72. The van der Waals surface area contributed by atoms with E-state index >= 15 is 0 Å². The van der Waals surface area contributed by atoms with E-state index in [1.54, 1.807) is 7.11 Å². The molecule has 106 valence electrons. The van der Waals surface area contributed by atoms with Gasteiger partial charge in [-0.25, -0.2) is 0 Å². The van der Waals surface area contributed by atoms with Crippen LogP contribution in [0.3, 0.4) is 0 Å². The van der Waals surface area contributed by atoms with Gasteiger partial charge < -0.3 is 21.0 Å². The van der Waals surface area contributed by atoms with E-state index in [2.05, 4.69) is 10.5 Å². The maximum Gasteiger partial charge on any atom is 0.147 e. The number of rotatable bonds is 9. The van der Waals surface area contributed by atoms with Gasteiger partial charge in [-0.15, -0.1) is 0 Å². The molecule has 1 aromatic carbocycles. The smallest absolute Gasteiger partial charge is 0.147 e. The second-order valence-electron chi connectivity index (χ2n) is 4.39. The molecule has 0 spiro atoms. The van der Waals surface area contributed by atoms with Crippen molar-refractivity contribution < 1.29 is 9.94 Å². The predicted octanol–water partition coefficient (Wildman–Crippen LogP) is 1.53. The van der Waals surface area contributed by atoms with E-state index in [0.717, 1.165) is 31.6 Å². The molecule has 0 amide bonds. The Hall–Kier alpha value is -1.59. The molecule has 1 atom stereocenters. The van der Waals surface area contributed by atoms with Crippen LogP contribution >= 0.6 is 0 Å². The number of hydrogen-bond acceptors (Lipinski definition) is 4. The maximum absolute atomic E-state index is 8.86. The molecule has 1 rings (SSSR count). The van der Waals surface area contributed by atoms with E-state index in [-0.39, 0.29) is 11.8 Å². The molecule has 0 fully saturated rings. The van der Waals surface area contributed by atoms with Crippen molar-refractivity contribution >= 4 is 5.84 Å². The van der Waals surface area contributed by atoms with Crippen LogP contribution < -0.4 is 11.1 Å². The van der Waals surface area contributed by atoms with Crippen LogP contribution in [0.25, 0.3) is 0 Å². The molecule has 0 bridgehead atoms. The number of amidine groups is 1. The molecule has 4 N–H and O–H groups in total. The van der Waals surface area contributed by atoms with Crippen LogP contribution in [0.4, 0.5) is 0 Å². The summed E-state index contributed by atoms with van der Waals surface area (Å²) in [7, 11) is 1.71. The fraction of sp³-hybridized carbons (Fsp3) is 0.500. The zero-order valence-corrected chi connectivity index (χ0v) is 11.4. The number of methoxy groups -OCH3 is 1. The number of hydrogen-bond donors (Lipinski definition) is 3. The number of nitrogens with zero attached hydrogens (tertiary/aromatic N) is 1. The second-order valence-corrected chi connectivity index (χ2v) is 4.39. The first kappa shape index (κ1) is 15.5. The third-order valence-electron chi connectivity index (χ3n) is 2.97. The monoisotopic (exact) mass is 265 g/mol. The standard InChI is InChI=1S/C14H23N3O2/c1-19-10-6-5-9-16-11-13(14(15)17-18)12-7-3-2-4-8-12/h2-4,7-8,13,16,18H,5-6,9-11H2,1H3,(H2,15,17). The summed E-state index contributed by atoms with van der Waals surface area (Å²) in [6, 6.07) is 9.81. The average Bonchev–Trinajstić information content (AvgIpc) is 2.47. The zero-order chi connectivity index (χ0) is 13.9. The summed E-state index contributed by atoms with van der Waals surface area (Å²) >= 11 is 0. The lowest BCUT2D eigenvalue weighted by Gasteiger charge is -2.16. The van der Waals surface area contributed by atoms with Crippen LogP contribution in [0, 0.1) is 0 Å². The molecule has 0 radical (unpaired) electrons. The van der Waals surface area contributed by atoms with E-state index in [1.807, 2.05) is 30.3 Å². The first-order valence-electron chi connectivity index (χ1n) is 6.51. The molecule has 0 aliphatic carbocycles. The van der Waals surface area contributed by atoms with Crippen molar-refractivity contribution in [3.05, 3.63) is 35.9 Å². The molecule has 5 heteroatoms. The first-order valence-corrected chi connectivity index (χ1v) is 6.51. The Bertz CT molecular complexity index is 368. The van der Waals surface area contributed by atoms with E-state index in [4.69, 9.17) is 15.7 Å². The van der Waals surface area contributed by atoms with Crippen molar-refractivity contribution in [3.8, 4) is 0 Å². The number of nitrogens with two attached hydrogens (primary N) is 1. The van der Waals surface area contributed by atoms with E-state index < -0.39 is 0 Å². The van der Waals surface area contributed by atoms with Crippen LogP contribution in [0.5, 0.6) is 0 Å². The molecule has 0 aliphatic rings. The number of nitrogens with one attached hydrogen (secondary N) is 1. The predicted molar refractivity (Wildman–Crippen MR) is 76.6 cm³/mol. The highest BCUT2D eigenvalue weighted by atomic mass is 16.5. The minimum atomic E-state index is -0.103. The van der Waals surface area contributed by atoms with Crippen LogP contribution in [0.15, 0.2) is 35.5 Å². The normalized spacial score (nSPS) is 13.4. The van der Waals surface area contributed by atoms with Crippen molar-refractivity contribution in [1.29, 1.82) is 0 Å². The highest BCUT2D eigenvalue weighted by Crippen LogP contribution is 2.14. The van der Waals surface area contributed by atoms with E-state index in [9.17, 15) is 0 Å². The minimum Gasteiger partial charge on any atom is -0.409 e. The lowest BCUT2D eigenvalue weighted by atomic mass is 9.98. The quantitative estimate of drug-likeness (QED) is 0.208. The number of unbranched alkanes of at least 4 members (excludes halogenated alkanes) is 1. The van der Waals surface area contributed by atoms with Crippen molar-refractivity contribution in [2.75, 3.05) is 26.8 Å². The van der Waals surface area contributed by atoms with Crippen LogP contribution in [-0.2, 0) is 4.74 Å². The summed E-state index contributed by atoms with van der Waals surface area (Å²) in [6.07, 6.45) is 2.08. The van der Waals surface area contributed by atoms with E-state index in [1.165, 1.54) is 0 Å².